The Balaban J connectivity index is 4.25. The van der Waals surface area contributed by atoms with Crippen LogP contribution < -0.4 is 5.32 Å². The Hall–Kier alpha value is -1.10. The highest BCUT2D eigenvalue weighted by Gasteiger charge is 2.21. The van der Waals surface area contributed by atoms with Gasteiger partial charge in [0, 0.05) is 6.54 Å². The quantitative estimate of drug-likeness (QED) is 0.643. The van der Waals surface area contributed by atoms with Crippen molar-refractivity contribution in [2.24, 2.45) is 0 Å². The van der Waals surface area contributed by atoms with Gasteiger partial charge in [0.1, 0.15) is 0 Å². The number of nitrogens with one attached hydrogen (secondary N) is 1. The van der Waals surface area contributed by atoms with Crippen molar-refractivity contribution in [1.82, 2.24) is 10.2 Å². The van der Waals surface area contributed by atoms with Gasteiger partial charge in [-0.2, -0.15) is 0 Å². The molecule has 5 nitrogen and oxygen atoms in total. The first-order valence-corrected chi connectivity index (χ1v) is 5.74. The minimum absolute atomic E-state index is 0.0614. The van der Waals surface area contributed by atoms with Crippen LogP contribution in [0.4, 0.5) is 0 Å². The molecule has 0 aromatic rings. The second-order valence-electron chi connectivity index (χ2n) is 3.44. The zero-order valence-corrected chi connectivity index (χ0v) is 10.6. The van der Waals surface area contributed by atoms with Gasteiger partial charge in [-0.05, 0) is 27.3 Å². The van der Waals surface area contributed by atoms with Gasteiger partial charge in [-0.3, -0.25) is 14.5 Å². The summed E-state index contributed by atoms with van der Waals surface area (Å²) in [6.07, 6.45) is 0. The standard InChI is InChI=1S/C11H22N2O3/c1-5-12-11(15)9(4)13(6-2)8-10(14)16-7-3/h9H,5-8H2,1-4H3,(H,12,15). The molecule has 0 bridgehead atoms. The Bertz CT molecular complexity index is 231. The first-order valence-electron chi connectivity index (χ1n) is 5.74. The SMILES string of the molecule is CCNC(=O)C(C)N(CC)CC(=O)OCC. The van der Waals surface area contributed by atoms with E-state index in [2.05, 4.69) is 5.32 Å². The van der Waals surface area contributed by atoms with E-state index in [0.717, 1.165) is 0 Å². The van der Waals surface area contributed by atoms with Gasteiger partial charge >= 0.3 is 5.97 Å². The Labute approximate surface area is 97.1 Å². The molecule has 0 fully saturated rings. The predicted molar refractivity (Wildman–Crippen MR) is 62.0 cm³/mol. The zero-order valence-electron chi connectivity index (χ0n) is 10.6. The second kappa shape index (κ2) is 8.10. The van der Waals surface area contributed by atoms with Gasteiger partial charge < -0.3 is 10.1 Å². The summed E-state index contributed by atoms with van der Waals surface area (Å²) in [6.45, 7) is 9.09. The van der Waals surface area contributed by atoms with Gasteiger partial charge in [-0.1, -0.05) is 6.92 Å². The molecule has 1 atom stereocenters. The van der Waals surface area contributed by atoms with Crippen LogP contribution in [-0.2, 0) is 14.3 Å². The lowest BCUT2D eigenvalue weighted by Gasteiger charge is -2.25. The van der Waals surface area contributed by atoms with Crippen molar-refractivity contribution in [2.75, 3.05) is 26.2 Å². The summed E-state index contributed by atoms with van der Waals surface area (Å²) in [5, 5.41) is 2.73. The normalized spacial score (nSPS) is 12.3. The molecule has 0 aliphatic heterocycles. The van der Waals surface area contributed by atoms with Crippen molar-refractivity contribution in [1.29, 1.82) is 0 Å². The van der Waals surface area contributed by atoms with Crippen LogP contribution >= 0.6 is 0 Å². The fraction of sp³-hybridized carbons (Fsp3) is 0.818. The van der Waals surface area contributed by atoms with Crippen molar-refractivity contribution in [2.45, 2.75) is 33.7 Å². The van der Waals surface area contributed by atoms with Crippen LogP contribution in [0.25, 0.3) is 0 Å². The topological polar surface area (TPSA) is 58.6 Å². The Morgan fingerprint density at radius 3 is 2.38 bits per heavy atom. The maximum absolute atomic E-state index is 11.6. The molecule has 0 aromatic heterocycles. The first kappa shape index (κ1) is 14.9. The molecule has 0 aromatic carbocycles. The summed E-state index contributed by atoms with van der Waals surface area (Å²) in [4.78, 5) is 24.7. The Morgan fingerprint density at radius 1 is 1.31 bits per heavy atom. The Kier molecular flexibility index (Phi) is 7.54. The van der Waals surface area contributed by atoms with Crippen LogP contribution in [0, 0.1) is 0 Å². The molecular formula is C11H22N2O3. The van der Waals surface area contributed by atoms with Crippen LogP contribution in [0.5, 0.6) is 0 Å². The molecule has 1 unspecified atom stereocenters. The van der Waals surface area contributed by atoms with Gasteiger partial charge in [-0.25, -0.2) is 0 Å². The molecule has 1 N–H and O–H groups in total. The molecule has 0 spiro atoms. The number of carbonyl (C=O) groups excluding carboxylic acids is 2. The first-order chi connectivity index (χ1) is 7.56. The third-order valence-corrected chi connectivity index (χ3v) is 2.32. The monoisotopic (exact) mass is 230 g/mol. The van der Waals surface area contributed by atoms with E-state index in [9.17, 15) is 9.59 Å². The number of hydrogen-bond donors (Lipinski definition) is 1. The average Bonchev–Trinajstić information content (AvgIpc) is 2.25. The summed E-state index contributed by atoms with van der Waals surface area (Å²) >= 11 is 0. The van der Waals surface area contributed by atoms with E-state index in [4.69, 9.17) is 4.74 Å². The second-order valence-corrected chi connectivity index (χ2v) is 3.44. The van der Waals surface area contributed by atoms with Gasteiger partial charge in [0.2, 0.25) is 5.91 Å². The minimum Gasteiger partial charge on any atom is -0.465 e. The van der Waals surface area contributed by atoms with E-state index in [0.29, 0.717) is 19.7 Å². The molecule has 0 aliphatic rings. The van der Waals surface area contributed by atoms with Crippen LogP contribution in [0.2, 0.25) is 0 Å². The van der Waals surface area contributed by atoms with Gasteiger partial charge in [0.25, 0.3) is 0 Å². The highest BCUT2D eigenvalue weighted by molar-refractivity contribution is 5.82. The number of rotatable bonds is 7. The number of likely N-dealkylation sites (N-methyl/N-ethyl adjacent to an activating group) is 2. The van der Waals surface area contributed by atoms with Crippen LogP contribution in [0.15, 0.2) is 0 Å². The van der Waals surface area contributed by atoms with E-state index in [-0.39, 0.29) is 24.5 Å². The molecule has 5 heteroatoms. The van der Waals surface area contributed by atoms with Crippen molar-refractivity contribution in [3.63, 3.8) is 0 Å². The molecule has 0 aliphatic carbocycles. The summed E-state index contributed by atoms with van der Waals surface area (Å²) < 4.78 is 4.85. The Morgan fingerprint density at radius 2 is 1.94 bits per heavy atom. The lowest BCUT2D eigenvalue weighted by molar-refractivity contribution is -0.145. The third-order valence-electron chi connectivity index (χ3n) is 2.32. The number of amides is 1. The molecular weight excluding hydrogens is 208 g/mol. The lowest BCUT2D eigenvalue weighted by Crippen LogP contribution is -2.47. The highest BCUT2D eigenvalue weighted by atomic mass is 16.5. The number of esters is 1. The molecule has 0 heterocycles. The fourth-order valence-electron chi connectivity index (χ4n) is 1.38. The molecule has 0 rings (SSSR count). The average molecular weight is 230 g/mol. The van der Waals surface area contributed by atoms with Gasteiger partial charge in [0.15, 0.2) is 0 Å². The highest BCUT2D eigenvalue weighted by Crippen LogP contribution is 1.99. The van der Waals surface area contributed by atoms with Crippen LogP contribution in [0.1, 0.15) is 27.7 Å². The maximum Gasteiger partial charge on any atom is 0.320 e. The molecule has 0 radical (unpaired) electrons. The van der Waals surface area contributed by atoms with Crippen LogP contribution in [-0.4, -0.2) is 49.1 Å². The van der Waals surface area contributed by atoms with Gasteiger partial charge in [-0.15, -0.1) is 0 Å². The molecule has 1 amide bonds. The molecule has 16 heavy (non-hydrogen) atoms. The zero-order chi connectivity index (χ0) is 12.6. The molecule has 0 saturated carbocycles. The van der Waals surface area contributed by atoms with Crippen LogP contribution in [0.3, 0.4) is 0 Å². The summed E-state index contributed by atoms with van der Waals surface area (Å²) in [5.74, 6) is -0.353. The van der Waals surface area contributed by atoms with Crippen molar-refractivity contribution in [3.8, 4) is 0 Å². The van der Waals surface area contributed by atoms with E-state index < -0.39 is 0 Å². The largest absolute Gasteiger partial charge is 0.465 e. The maximum atomic E-state index is 11.6. The number of nitrogens with zero attached hydrogens (tertiary/aromatic N) is 1. The van der Waals surface area contributed by atoms with E-state index in [1.54, 1.807) is 18.7 Å². The van der Waals surface area contributed by atoms with E-state index in [1.807, 2.05) is 13.8 Å². The predicted octanol–water partition coefficient (Wildman–Crippen LogP) is 0.396. The van der Waals surface area contributed by atoms with E-state index >= 15 is 0 Å². The third kappa shape index (κ3) is 5.11. The molecule has 0 saturated heterocycles. The summed E-state index contributed by atoms with van der Waals surface area (Å²) in [7, 11) is 0. The van der Waals surface area contributed by atoms with Crippen molar-refractivity contribution < 1.29 is 14.3 Å². The summed E-state index contributed by atoms with van der Waals surface area (Å²) in [6, 6.07) is -0.311. The lowest BCUT2D eigenvalue weighted by atomic mass is 10.2. The van der Waals surface area contributed by atoms with Crippen molar-refractivity contribution in [3.05, 3.63) is 0 Å². The molecule has 94 valence electrons. The fourth-order valence-corrected chi connectivity index (χ4v) is 1.38. The van der Waals surface area contributed by atoms with E-state index in [1.165, 1.54) is 0 Å². The number of carbonyl (C=O) groups is 2. The number of ether oxygens (including phenoxy) is 1. The number of hydrogen-bond acceptors (Lipinski definition) is 4. The minimum atomic E-state index is -0.311. The van der Waals surface area contributed by atoms with Gasteiger partial charge in [0.05, 0.1) is 19.2 Å². The summed E-state index contributed by atoms with van der Waals surface area (Å²) in [5.41, 5.74) is 0. The van der Waals surface area contributed by atoms with Crippen molar-refractivity contribution >= 4 is 11.9 Å². The smallest absolute Gasteiger partial charge is 0.320 e.